The highest BCUT2D eigenvalue weighted by Crippen LogP contribution is 2.33. The average Bonchev–Trinajstić information content (AvgIpc) is 2.82. The monoisotopic (exact) mass is 481 g/mol. The van der Waals surface area contributed by atoms with Gasteiger partial charge in [0.1, 0.15) is 11.3 Å². The summed E-state index contributed by atoms with van der Waals surface area (Å²) in [6.07, 6.45) is 1.51. The summed E-state index contributed by atoms with van der Waals surface area (Å²) in [5.74, 6) is 0.0933. The van der Waals surface area contributed by atoms with Gasteiger partial charge < -0.3 is 25.0 Å². The molecule has 178 valence electrons. The molecule has 2 N–H and O–H groups in total. The molecule has 0 aliphatic heterocycles. The number of anilines is 2. The molecule has 8 nitrogen and oxygen atoms in total. The van der Waals surface area contributed by atoms with E-state index in [1.165, 1.54) is 6.20 Å². The second kappa shape index (κ2) is 11.5. The third-order valence-corrected chi connectivity index (χ3v) is 5.45. The molecule has 3 aromatic rings. The zero-order valence-corrected chi connectivity index (χ0v) is 20.5. The Labute approximate surface area is 204 Å². The van der Waals surface area contributed by atoms with Gasteiger partial charge in [-0.3, -0.25) is 4.98 Å². The first-order valence-electron chi connectivity index (χ1n) is 10.9. The van der Waals surface area contributed by atoms with Crippen molar-refractivity contribution in [1.82, 2.24) is 9.88 Å². The smallest absolute Gasteiger partial charge is 0.341 e. The summed E-state index contributed by atoms with van der Waals surface area (Å²) < 4.78 is 10.5. The van der Waals surface area contributed by atoms with Crippen LogP contribution in [0, 0.1) is 11.3 Å². The summed E-state index contributed by atoms with van der Waals surface area (Å²) in [5.41, 5.74) is 3.57. The Morgan fingerprint density at radius 2 is 2.03 bits per heavy atom. The molecule has 34 heavy (non-hydrogen) atoms. The first-order chi connectivity index (χ1) is 16.4. The lowest BCUT2D eigenvalue weighted by Crippen LogP contribution is -2.21. The molecule has 0 fully saturated rings. The van der Waals surface area contributed by atoms with Crippen LogP contribution in [0.4, 0.5) is 11.4 Å². The van der Waals surface area contributed by atoms with Gasteiger partial charge in [-0.2, -0.15) is 5.26 Å². The van der Waals surface area contributed by atoms with Crippen LogP contribution < -0.4 is 15.4 Å². The third-order valence-electron chi connectivity index (χ3n) is 5.16. The van der Waals surface area contributed by atoms with Gasteiger partial charge >= 0.3 is 5.97 Å². The van der Waals surface area contributed by atoms with Crippen LogP contribution in [0.2, 0.25) is 5.02 Å². The predicted octanol–water partition coefficient (Wildman–Crippen LogP) is 4.53. The first kappa shape index (κ1) is 25.1. The fraction of sp³-hybridized carbons (Fsp3) is 0.320. The Hall–Kier alpha value is -3.54. The van der Waals surface area contributed by atoms with Crippen LogP contribution in [-0.4, -0.2) is 56.8 Å². The van der Waals surface area contributed by atoms with E-state index in [1.54, 1.807) is 38.3 Å². The number of carbonyl (C=O) groups excluding carboxylic acids is 1. The van der Waals surface area contributed by atoms with Crippen LogP contribution in [0.3, 0.4) is 0 Å². The molecule has 0 saturated heterocycles. The molecular weight excluding hydrogens is 454 g/mol. The van der Waals surface area contributed by atoms with Crippen LogP contribution in [0.1, 0.15) is 28.4 Å². The summed E-state index contributed by atoms with van der Waals surface area (Å²) in [5, 5.41) is 17.5. The van der Waals surface area contributed by atoms with Crippen LogP contribution in [0.25, 0.3) is 10.9 Å². The highest BCUT2D eigenvalue weighted by Gasteiger charge is 2.19. The van der Waals surface area contributed by atoms with E-state index >= 15 is 0 Å². The predicted molar refractivity (Wildman–Crippen MR) is 135 cm³/mol. The minimum Gasteiger partial charge on any atom is -0.495 e. The maximum Gasteiger partial charge on any atom is 0.341 e. The fourth-order valence-electron chi connectivity index (χ4n) is 3.48. The SMILES string of the molecule is CCOC(=O)c1cnc2c(NCCN(C)C)cc(C#N)cc2c1NCc1ccc(OC)c(Cl)c1. The van der Waals surface area contributed by atoms with Crippen molar-refractivity contribution in [1.29, 1.82) is 5.26 Å². The number of nitrogens with one attached hydrogen (secondary N) is 2. The fourth-order valence-corrected chi connectivity index (χ4v) is 3.76. The van der Waals surface area contributed by atoms with Crippen LogP contribution in [0.5, 0.6) is 5.75 Å². The minimum atomic E-state index is -0.489. The number of nitrogens with zero attached hydrogens (tertiary/aromatic N) is 3. The van der Waals surface area contributed by atoms with E-state index in [9.17, 15) is 10.1 Å². The lowest BCUT2D eigenvalue weighted by atomic mass is 10.0. The lowest BCUT2D eigenvalue weighted by Gasteiger charge is -2.18. The number of esters is 1. The molecule has 0 aliphatic carbocycles. The molecule has 3 rings (SSSR count). The van der Waals surface area contributed by atoms with E-state index in [4.69, 9.17) is 21.1 Å². The Balaban J connectivity index is 2.07. The Kier molecular flexibility index (Phi) is 8.52. The summed E-state index contributed by atoms with van der Waals surface area (Å²) in [6, 6.07) is 11.2. The molecule has 0 saturated carbocycles. The van der Waals surface area contributed by atoms with Crippen LogP contribution in [0.15, 0.2) is 36.5 Å². The van der Waals surface area contributed by atoms with Gasteiger partial charge in [0.15, 0.2) is 0 Å². The minimum absolute atomic E-state index is 0.236. The van der Waals surface area contributed by atoms with Crippen molar-refractivity contribution in [3.63, 3.8) is 0 Å². The molecule has 9 heteroatoms. The number of ether oxygens (including phenoxy) is 2. The normalized spacial score (nSPS) is 10.7. The molecule has 0 spiro atoms. The van der Waals surface area contributed by atoms with Gasteiger partial charge in [0.25, 0.3) is 0 Å². The number of nitriles is 1. The highest BCUT2D eigenvalue weighted by atomic mass is 35.5. The van der Waals surface area contributed by atoms with Crippen molar-refractivity contribution < 1.29 is 14.3 Å². The number of rotatable bonds is 10. The van der Waals surface area contributed by atoms with E-state index in [2.05, 4.69) is 26.6 Å². The maximum atomic E-state index is 12.7. The van der Waals surface area contributed by atoms with Gasteiger partial charge in [-0.25, -0.2) is 4.79 Å². The summed E-state index contributed by atoms with van der Waals surface area (Å²) in [7, 11) is 5.54. The average molecular weight is 482 g/mol. The van der Waals surface area contributed by atoms with Crippen molar-refractivity contribution in [2.45, 2.75) is 13.5 Å². The van der Waals surface area contributed by atoms with Gasteiger partial charge in [0.2, 0.25) is 0 Å². The largest absolute Gasteiger partial charge is 0.495 e. The zero-order chi connectivity index (χ0) is 24.7. The topological polar surface area (TPSA) is 99.5 Å². The van der Waals surface area contributed by atoms with E-state index in [0.717, 1.165) is 17.8 Å². The Morgan fingerprint density at radius 3 is 2.68 bits per heavy atom. The molecule has 0 radical (unpaired) electrons. The highest BCUT2D eigenvalue weighted by molar-refractivity contribution is 6.32. The van der Waals surface area contributed by atoms with E-state index < -0.39 is 5.97 Å². The van der Waals surface area contributed by atoms with Crippen molar-refractivity contribution in [3.05, 3.63) is 58.2 Å². The maximum absolute atomic E-state index is 12.7. The summed E-state index contributed by atoms with van der Waals surface area (Å²) in [4.78, 5) is 19.3. The standard InChI is InChI=1S/C25H28ClN5O3/c1-5-34-25(32)19-15-30-24-18(10-17(13-27)12-21(24)28-8-9-31(2)3)23(19)29-14-16-6-7-22(33-4)20(26)11-16/h6-7,10-12,15,28H,5,8-9,14H2,1-4H3,(H,29,30). The quantitative estimate of drug-likeness (QED) is 0.407. The second-order valence-electron chi connectivity index (χ2n) is 7.85. The molecule has 0 aliphatic rings. The molecule has 0 unspecified atom stereocenters. The lowest BCUT2D eigenvalue weighted by molar-refractivity contribution is 0.0527. The number of fused-ring (bicyclic) bond motifs is 1. The van der Waals surface area contributed by atoms with E-state index in [0.29, 0.717) is 51.6 Å². The van der Waals surface area contributed by atoms with Gasteiger partial charge in [-0.1, -0.05) is 17.7 Å². The zero-order valence-electron chi connectivity index (χ0n) is 19.7. The number of hydrogen-bond acceptors (Lipinski definition) is 8. The van der Waals surface area contributed by atoms with E-state index in [1.807, 2.05) is 20.2 Å². The van der Waals surface area contributed by atoms with Crippen molar-refractivity contribution in [3.8, 4) is 11.8 Å². The number of methoxy groups -OCH3 is 1. The van der Waals surface area contributed by atoms with Crippen LogP contribution >= 0.6 is 11.6 Å². The van der Waals surface area contributed by atoms with Crippen molar-refractivity contribution in [2.75, 3.05) is 51.5 Å². The van der Waals surface area contributed by atoms with Gasteiger partial charge in [0, 0.05) is 31.2 Å². The van der Waals surface area contributed by atoms with Crippen molar-refractivity contribution in [2.24, 2.45) is 0 Å². The number of hydrogen-bond donors (Lipinski definition) is 2. The number of likely N-dealkylation sites (N-methyl/N-ethyl adjacent to an activating group) is 1. The van der Waals surface area contributed by atoms with Crippen LogP contribution in [-0.2, 0) is 11.3 Å². The number of benzene rings is 2. The van der Waals surface area contributed by atoms with Gasteiger partial charge in [-0.05, 0) is 50.8 Å². The molecule has 2 aromatic carbocycles. The molecule has 0 bridgehead atoms. The molecule has 1 aromatic heterocycles. The molecule has 0 amide bonds. The van der Waals surface area contributed by atoms with E-state index in [-0.39, 0.29) is 6.61 Å². The first-order valence-corrected chi connectivity index (χ1v) is 11.2. The van der Waals surface area contributed by atoms with Gasteiger partial charge in [0.05, 0.1) is 47.3 Å². The number of aromatic nitrogens is 1. The molecular formula is C25H28ClN5O3. The third kappa shape index (κ3) is 5.87. The number of halogens is 1. The summed E-state index contributed by atoms with van der Waals surface area (Å²) >= 11 is 6.28. The number of carbonyl (C=O) groups is 1. The summed E-state index contributed by atoms with van der Waals surface area (Å²) in [6.45, 7) is 3.85. The molecule has 0 atom stereocenters. The van der Waals surface area contributed by atoms with Crippen molar-refractivity contribution >= 4 is 39.8 Å². The Morgan fingerprint density at radius 1 is 1.24 bits per heavy atom. The Bertz CT molecular complexity index is 1220. The van der Waals surface area contributed by atoms with Gasteiger partial charge in [-0.15, -0.1) is 0 Å². The number of pyridine rings is 1. The second-order valence-corrected chi connectivity index (χ2v) is 8.26. The molecule has 1 heterocycles.